The van der Waals surface area contributed by atoms with Crippen LogP contribution in [-0.4, -0.2) is 42.1 Å². The van der Waals surface area contributed by atoms with Crippen molar-refractivity contribution in [2.24, 2.45) is 0 Å². The molecule has 0 spiro atoms. The van der Waals surface area contributed by atoms with E-state index in [-0.39, 0.29) is 18.0 Å². The molecule has 0 aromatic heterocycles. The first-order valence-corrected chi connectivity index (χ1v) is 9.41. The predicted octanol–water partition coefficient (Wildman–Crippen LogP) is 1.98. The normalized spacial score (nSPS) is 23.0. The fourth-order valence-corrected chi connectivity index (χ4v) is 5.07. The van der Waals surface area contributed by atoms with Crippen molar-refractivity contribution in [3.8, 4) is 0 Å². The minimum atomic E-state index is -3.77. The summed E-state index contributed by atoms with van der Waals surface area (Å²) in [7, 11) is -3.77. The molecular weight excluding hydrogens is 350 g/mol. The monoisotopic (exact) mass is 367 g/mol. The van der Waals surface area contributed by atoms with Crippen LogP contribution in [0, 0.1) is 0 Å². The first kappa shape index (κ1) is 17.4. The van der Waals surface area contributed by atoms with Crippen molar-refractivity contribution >= 4 is 21.6 Å². The summed E-state index contributed by atoms with van der Waals surface area (Å²) < 4.78 is 26.9. The number of fused-ring (bicyclic) bond motifs is 1. The number of sulfonamides is 1. The molecule has 0 aliphatic carbocycles. The van der Waals surface area contributed by atoms with Crippen LogP contribution < -0.4 is 0 Å². The summed E-state index contributed by atoms with van der Waals surface area (Å²) in [5.41, 5.74) is 1.26. The molecule has 0 amide bonds. The van der Waals surface area contributed by atoms with Crippen LogP contribution in [-0.2, 0) is 16.4 Å². The number of halogens is 1. The van der Waals surface area contributed by atoms with E-state index in [4.69, 9.17) is 11.6 Å². The highest BCUT2D eigenvalue weighted by molar-refractivity contribution is 7.89. The van der Waals surface area contributed by atoms with Crippen LogP contribution in [0.3, 0.4) is 0 Å². The molecule has 3 rings (SSSR count). The highest BCUT2D eigenvalue weighted by atomic mass is 35.5. The maximum atomic E-state index is 12.9. The Balaban J connectivity index is 2.04. The lowest BCUT2D eigenvalue weighted by molar-refractivity contribution is 0.0725. The fraction of sp³-hybridized carbons (Fsp3) is 0.294. The maximum Gasteiger partial charge on any atom is 0.243 e. The Morgan fingerprint density at radius 1 is 1.08 bits per heavy atom. The lowest BCUT2D eigenvalue weighted by Gasteiger charge is -2.39. The lowest BCUT2D eigenvalue weighted by atomic mass is 9.95. The molecular formula is C17H18ClNO4S. The van der Waals surface area contributed by atoms with Gasteiger partial charge in [0, 0.05) is 17.1 Å². The van der Waals surface area contributed by atoms with Gasteiger partial charge in [0.1, 0.15) is 0 Å². The Morgan fingerprint density at radius 3 is 2.42 bits per heavy atom. The molecule has 0 bridgehead atoms. The topological polar surface area (TPSA) is 77.8 Å². The summed E-state index contributed by atoms with van der Waals surface area (Å²) >= 11 is 5.88. The van der Waals surface area contributed by atoms with E-state index in [0.717, 1.165) is 5.56 Å². The summed E-state index contributed by atoms with van der Waals surface area (Å²) in [6.45, 7) is -0.378. The van der Waals surface area contributed by atoms with Crippen LogP contribution in [0.1, 0.15) is 17.2 Å². The molecule has 24 heavy (non-hydrogen) atoms. The standard InChI is InChI=1S/C17H18ClNO4S/c18-13-7-5-12(6-8-13)11-15-17(21)14-3-1-2-4-16(14)24(22,23)19(15)9-10-20/h1-8,15,17,20-21H,9-11H2/t15-,17+/m0/s1. The van der Waals surface area contributed by atoms with Gasteiger partial charge in [-0.3, -0.25) is 0 Å². The first-order chi connectivity index (χ1) is 11.4. The van der Waals surface area contributed by atoms with E-state index in [1.165, 1.54) is 10.4 Å². The van der Waals surface area contributed by atoms with E-state index in [2.05, 4.69) is 0 Å². The molecule has 7 heteroatoms. The van der Waals surface area contributed by atoms with Gasteiger partial charge in [0.05, 0.1) is 23.6 Å². The lowest BCUT2D eigenvalue weighted by Crippen LogP contribution is -2.50. The third-order valence-electron chi connectivity index (χ3n) is 4.24. The van der Waals surface area contributed by atoms with Gasteiger partial charge >= 0.3 is 0 Å². The molecule has 1 heterocycles. The Hall–Kier alpha value is -1.44. The van der Waals surface area contributed by atoms with Gasteiger partial charge in [-0.25, -0.2) is 8.42 Å². The van der Waals surface area contributed by atoms with E-state index in [0.29, 0.717) is 17.0 Å². The zero-order valence-corrected chi connectivity index (χ0v) is 14.4. The highest BCUT2D eigenvalue weighted by Crippen LogP contribution is 2.37. The van der Waals surface area contributed by atoms with Crippen molar-refractivity contribution < 1.29 is 18.6 Å². The van der Waals surface area contributed by atoms with Gasteiger partial charge in [0.15, 0.2) is 0 Å². The fourth-order valence-electron chi connectivity index (χ4n) is 3.09. The van der Waals surface area contributed by atoms with Gasteiger partial charge in [-0.2, -0.15) is 4.31 Å². The maximum absolute atomic E-state index is 12.9. The molecule has 0 saturated carbocycles. The van der Waals surface area contributed by atoms with E-state index in [1.807, 2.05) is 0 Å². The van der Waals surface area contributed by atoms with Crippen molar-refractivity contribution in [3.05, 3.63) is 64.7 Å². The quantitative estimate of drug-likeness (QED) is 0.866. The highest BCUT2D eigenvalue weighted by Gasteiger charge is 2.43. The number of aliphatic hydroxyl groups is 2. The Kier molecular flexibility index (Phi) is 4.94. The summed E-state index contributed by atoms with van der Waals surface area (Å²) in [6.07, 6.45) is -0.640. The average molecular weight is 368 g/mol. The van der Waals surface area contributed by atoms with Gasteiger partial charge in [-0.15, -0.1) is 0 Å². The molecule has 1 aliphatic heterocycles. The minimum absolute atomic E-state index is 0.0635. The minimum Gasteiger partial charge on any atom is -0.395 e. The van der Waals surface area contributed by atoms with Crippen molar-refractivity contribution in [1.82, 2.24) is 4.31 Å². The summed E-state index contributed by atoms with van der Waals surface area (Å²) in [5.74, 6) is 0. The molecule has 0 fully saturated rings. The average Bonchev–Trinajstić information content (AvgIpc) is 2.58. The summed E-state index contributed by atoms with van der Waals surface area (Å²) in [4.78, 5) is 0.0957. The van der Waals surface area contributed by atoms with Crippen LogP contribution in [0.25, 0.3) is 0 Å². The molecule has 0 radical (unpaired) electrons. The largest absolute Gasteiger partial charge is 0.395 e. The zero-order chi connectivity index (χ0) is 17.3. The number of rotatable bonds is 4. The van der Waals surface area contributed by atoms with Crippen molar-refractivity contribution in [2.45, 2.75) is 23.5 Å². The number of hydrogen-bond donors (Lipinski definition) is 2. The zero-order valence-electron chi connectivity index (χ0n) is 12.8. The van der Waals surface area contributed by atoms with Gasteiger partial charge < -0.3 is 10.2 Å². The number of β-amino-alcohol motifs (C(OH)–C–C–N with tert-alkyl or cyclic N) is 1. The third kappa shape index (κ3) is 3.08. The molecule has 2 aromatic rings. The van der Waals surface area contributed by atoms with E-state index in [1.54, 1.807) is 42.5 Å². The molecule has 2 N–H and O–H groups in total. The van der Waals surface area contributed by atoms with Crippen LogP contribution in [0.15, 0.2) is 53.4 Å². The number of nitrogens with zero attached hydrogens (tertiary/aromatic N) is 1. The Morgan fingerprint density at radius 2 is 1.75 bits per heavy atom. The molecule has 2 aromatic carbocycles. The van der Waals surface area contributed by atoms with Gasteiger partial charge in [0.2, 0.25) is 10.0 Å². The summed E-state index contributed by atoms with van der Waals surface area (Å²) in [5, 5.41) is 20.6. The Labute approximate surface area is 146 Å². The van der Waals surface area contributed by atoms with Gasteiger partial charge in [-0.05, 0) is 30.2 Å². The molecule has 5 nitrogen and oxygen atoms in total. The molecule has 1 aliphatic rings. The summed E-state index contributed by atoms with van der Waals surface area (Å²) in [6, 6.07) is 12.8. The molecule has 0 unspecified atom stereocenters. The molecule has 0 saturated heterocycles. The van der Waals surface area contributed by atoms with Crippen molar-refractivity contribution in [2.75, 3.05) is 13.2 Å². The Bertz CT molecular complexity index is 823. The number of benzene rings is 2. The van der Waals surface area contributed by atoms with Crippen LogP contribution in [0.5, 0.6) is 0 Å². The first-order valence-electron chi connectivity index (χ1n) is 7.59. The van der Waals surface area contributed by atoms with Crippen molar-refractivity contribution in [3.63, 3.8) is 0 Å². The second-order valence-electron chi connectivity index (χ2n) is 5.72. The number of aliphatic hydroxyl groups excluding tert-OH is 2. The van der Waals surface area contributed by atoms with Crippen LogP contribution in [0.4, 0.5) is 0 Å². The molecule has 2 atom stereocenters. The third-order valence-corrected chi connectivity index (χ3v) is 6.49. The van der Waals surface area contributed by atoms with Gasteiger partial charge in [-0.1, -0.05) is 41.9 Å². The van der Waals surface area contributed by atoms with E-state index >= 15 is 0 Å². The second-order valence-corrected chi connectivity index (χ2v) is 8.02. The van der Waals surface area contributed by atoms with E-state index in [9.17, 15) is 18.6 Å². The smallest absolute Gasteiger partial charge is 0.243 e. The van der Waals surface area contributed by atoms with Crippen molar-refractivity contribution in [1.29, 1.82) is 0 Å². The number of hydrogen-bond acceptors (Lipinski definition) is 4. The van der Waals surface area contributed by atoms with Gasteiger partial charge in [0.25, 0.3) is 0 Å². The van der Waals surface area contributed by atoms with Crippen LogP contribution >= 0.6 is 11.6 Å². The predicted molar refractivity (Wildman–Crippen MR) is 91.3 cm³/mol. The SMILES string of the molecule is O=S1(=O)c2ccccc2[C@@H](O)[C@H](Cc2ccc(Cl)cc2)N1CCO. The molecule has 128 valence electrons. The van der Waals surface area contributed by atoms with E-state index < -0.39 is 22.2 Å². The van der Waals surface area contributed by atoms with Crippen LogP contribution in [0.2, 0.25) is 5.02 Å². The second kappa shape index (κ2) is 6.82.